The molecule has 0 aromatic carbocycles. The number of hydrogen-bond acceptors (Lipinski definition) is 4. The van der Waals surface area contributed by atoms with Crippen LogP contribution in [0.25, 0.3) is 0 Å². The molecular formula is C10H14ClN3OS. The summed E-state index contributed by atoms with van der Waals surface area (Å²) in [6.07, 6.45) is 4.78. The van der Waals surface area contributed by atoms with Crippen LogP contribution in [-0.2, 0) is 0 Å². The first-order valence-corrected chi connectivity index (χ1v) is 6.65. The molecule has 1 heterocycles. The summed E-state index contributed by atoms with van der Waals surface area (Å²) in [5, 5.41) is 3.09. The summed E-state index contributed by atoms with van der Waals surface area (Å²) in [5.41, 5.74) is 0.292. The van der Waals surface area contributed by atoms with Crippen molar-refractivity contribution in [2.24, 2.45) is 5.92 Å². The highest BCUT2D eigenvalue weighted by Gasteiger charge is 2.09. The van der Waals surface area contributed by atoms with Gasteiger partial charge in [-0.3, -0.25) is 4.79 Å². The van der Waals surface area contributed by atoms with Crippen LogP contribution in [0.4, 0.5) is 0 Å². The van der Waals surface area contributed by atoms with E-state index in [0.717, 1.165) is 5.75 Å². The molecule has 0 saturated heterocycles. The van der Waals surface area contributed by atoms with E-state index in [0.29, 0.717) is 18.2 Å². The highest BCUT2D eigenvalue weighted by Crippen LogP contribution is 2.04. The van der Waals surface area contributed by atoms with Crippen LogP contribution in [0.3, 0.4) is 0 Å². The smallest absolute Gasteiger partial charge is 0.271 e. The summed E-state index contributed by atoms with van der Waals surface area (Å²) < 4.78 is 0. The molecule has 1 rings (SSSR count). The third-order valence-corrected chi connectivity index (χ3v) is 3.01. The number of halogens is 1. The maximum absolute atomic E-state index is 11.6. The zero-order valence-electron chi connectivity index (χ0n) is 9.24. The fourth-order valence-corrected chi connectivity index (χ4v) is 1.91. The second-order valence-corrected chi connectivity index (χ2v) is 4.79. The van der Waals surface area contributed by atoms with E-state index in [-0.39, 0.29) is 11.1 Å². The lowest BCUT2D eigenvalue weighted by Crippen LogP contribution is -2.29. The highest BCUT2D eigenvalue weighted by molar-refractivity contribution is 7.98. The van der Waals surface area contributed by atoms with Crippen LogP contribution in [0.15, 0.2) is 12.4 Å². The molecule has 0 saturated carbocycles. The lowest BCUT2D eigenvalue weighted by atomic mass is 10.2. The molecule has 6 heteroatoms. The number of carbonyl (C=O) groups excluding carboxylic acids is 1. The fraction of sp³-hybridized carbons (Fsp3) is 0.500. The van der Waals surface area contributed by atoms with E-state index >= 15 is 0 Å². The van der Waals surface area contributed by atoms with Crippen molar-refractivity contribution in [3.63, 3.8) is 0 Å². The van der Waals surface area contributed by atoms with Gasteiger partial charge in [-0.1, -0.05) is 18.5 Å². The number of amides is 1. The van der Waals surface area contributed by atoms with Crippen molar-refractivity contribution in [1.29, 1.82) is 0 Å². The Labute approximate surface area is 104 Å². The van der Waals surface area contributed by atoms with Gasteiger partial charge in [0.05, 0.1) is 12.4 Å². The minimum Gasteiger partial charge on any atom is -0.350 e. The standard InChI is InChI=1S/C10H14ClN3OS/c1-7(6-16-2)3-14-10(15)8-4-13-9(11)5-12-8/h4-5,7H,3,6H2,1-2H3,(H,14,15). The quantitative estimate of drug-likeness (QED) is 0.877. The molecule has 0 aliphatic heterocycles. The van der Waals surface area contributed by atoms with Gasteiger partial charge in [-0.15, -0.1) is 0 Å². The predicted molar refractivity (Wildman–Crippen MR) is 66.9 cm³/mol. The molecule has 0 fully saturated rings. The Hall–Kier alpha value is -0.810. The molecular weight excluding hydrogens is 246 g/mol. The first-order valence-electron chi connectivity index (χ1n) is 4.88. The third-order valence-electron chi connectivity index (χ3n) is 1.92. The van der Waals surface area contributed by atoms with Crippen LogP contribution in [-0.4, -0.2) is 34.4 Å². The van der Waals surface area contributed by atoms with Gasteiger partial charge in [-0.2, -0.15) is 11.8 Å². The van der Waals surface area contributed by atoms with E-state index in [1.54, 1.807) is 11.8 Å². The van der Waals surface area contributed by atoms with Gasteiger partial charge in [-0.05, 0) is 17.9 Å². The summed E-state index contributed by atoms with van der Waals surface area (Å²) in [5.74, 6) is 1.25. The molecule has 1 aromatic heterocycles. The van der Waals surface area contributed by atoms with Crippen LogP contribution in [0.2, 0.25) is 5.15 Å². The van der Waals surface area contributed by atoms with E-state index in [9.17, 15) is 4.79 Å². The monoisotopic (exact) mass is 259 g/mol. The molecule has 0 aliphatic rings. The number of aromatic nitrogens is 2. The average molecular weight is 260 g/mol. The summed E-state index contributed by atoms with van der Waals surface area (Å²) in [6.45, 7) is 2.73. The molecule has 0 spiro atoms. The van der Waals surface area contributed by atoms with Crippen LogP contribution < -0.4 is 5.32 Å². The highest BCUT2D eigenvalue weighted by atomic mass is 35.5. The Morgan fingerprint density at radius 2 is 2.31 bits per heavy atom. The number of carbonyl (C=O) groups is 1. The Morgan fingerprint density at radius 3 is 2.88 bits per heavy atom. The van der Waals surface area contributed by atoms with E-state index in [2.05, 4.69) is 22.2 Å². The number of nitrogens with one attached hydrogen (secondary N) is 1. The molecule has 0 bridgehead atoms. The minimum atomic E-state index is -0.211. The fourth-order valence-electron chi connectivity index (χ4n) is 1.13. The second kappa shape index (κ2) is 6.70. The minimum absolute atomic E-state index is 0.211. The summed E-state index contributed by atoms with van der Waals surface area (Å²) >= 11 is 7.34. The number of rotatable bonds is 5. The molecule has 0 aliphatic carbocycles. The first-order chi connectivity index (χ1) is 7.63. The number of nitrogens with zero attached hydrogens (tertiary/aromatic N) is 2. The molecule has 1 N–H and O–H groups in total. The first kappa shape index (κ1) is 13.3. The predicted octanol–water partition coefficient (Wildman–Crippen LogP) is 1.86. The van der Waals surface area contributed by atoms with Gasteiger partial charge in [-0.25, -0.2) is 9.97 Å². The van der Waals surface area contributed by atoms with Gasteiger partial charge in [0.1, 0.15) is 10.8 Å². The van der Waals surface area contributed by atoms with E-state index in [4.69, 9.17) is 11.6 Å². The Balaban J connectivity index is 2.43. The van der Waals surface area contributed by atoms with Crippen LogP contribution in [0, 0.1) is 5.92 Å². The summed E-state index contributed by atoms with van der Waals surface area (Å²) in [7, 11) is 0. The Morgan fingerprint density at radius 1 is 1.56 bits per heavy atom. The van der Waals surface area contributed by atoms with Gasteiger partial charge in [0.2, 0.25) is 0 Å². The van der Waals surface area contributed by atoms with Crippen LogP contribution in [0.1, 0.15) is 17.4 Å². The molecule has 1 amide bonds. The largest absolute Gasteiger partial charge is 0.350 e. The van der Waals surface area contributed by atoms with Crippen LogP contribution >= 0.6 is 23.4 Å². The second-order valence-electron chi connectivity index (χ2n) is 3.49. The molecule has 1 unspecified atom stereocenters. The number of thioether (sulfide) groups is 1. The maximum atomic E-state index is 11.6. The van der Waals surface area contributed by atoms with Crippen molar-refractivity contribution in [1.82, 2.24) is 15.3 Å². The molecule has 4 nitrogen and oxygen atoms in total. The van der Waals surface area contributed by atoms with Gasteiger partial charge >= 0.3 is 0 Å². The zero-order valence-corrected chi connectivity index (χ0v) is 10.8. The van der Waals surface area contributed by atoms with Crippen molar-refractivity contribution in [2.45, 2.75) is 6.92 Å². The molecule has 16 heavy (non-hydrogen) atoms. The van der Waals surface area contributed by atoms with Gasteiger partial charge < -0.3 is 5.32 Å². The molecule has 88 valence electrons. The van der Waals surface area contributed by atoms with Gasteiger partial charge in [0, 0.05) is 6.54 Å². The van der Waals surface area contributed by atoms with E-state index in [1.807, 2.05) is 6.26 Å². The lowest BCUT2D eigenvalue weighted by molar-refractivity contribution is 0.0944. The van der Waals surface area contributed by atoms with Crippen molar-refractivity contribution in [3.8, 4) is 0 Å². The molecule has 0 radical (unpaired) electrons. The third kappa shape index (κ3) is 4.37. The van der Waals surface area contributed by atoms with Crippen molar-refractivity contribution in [2.75, 3.05) is 18.6 Å². The Bertz CT molecular complexity index is 344. The average Bonchev–Trinajstić information content (AvgIpc) is 2.27. The molecule has 1 aromatic rings. The Kier molecular flexibility index (Phi) is 5.55. The van der Waals surface area contributed by atoms with Crippen LogP contribution in [0.5, 0.6) is 0 Å². The van der Waals surface area contributed by atoms with Crippen molar-refractivity contribution < 1.29 is 4.79 Å². The zero-order chi connectivity index (χ0) is 12.0. The number of hydrogen-bond donors (Lipinski definition) is 1. The topological polar surface area (TPSA) is 54.9 Å². The molecule has 1 atom stereocenters. The van der Waals surface area contributed by atoms with E-state index < -0.39 is 0 Å². The lowest BCUT2D eigenvalue weighted by Gasteiger charge is -2.10. The van der Waals surface area contributed by atoms with Gasteiger partial charge in [0.15, 0.2) is 0 Å². The van der Waals surface area contributed by atoms with E-state index in [1.165, 1.54) is 12.4 Å². The summed E-state index contributed by atoms with van der Waals surface area (Å²) in [6, 6.07) is 0. The normalized spacial score (nSPS) is 12.2. The summed E-state index contributed by atoms with van der Waals surface area (Å²) in [4.78, 5) is 19.3. The SMILES string of the molecule is CSCC(C)CNC(=O)c1cnc(Cl)cn1. The van der Waals surface area contributed by atoms with Crippen molar-refractivity contribution in [3.05, 3.63) is 23.2 Å². The maximum Gasteiger partial charge on any atom is 0.271 e. The van der Waals surface area contributed by atoms with Crippen molar-refractivity contribution >= 4 is 29.3 Å². The van der Waals surface area contributed by atoms with Gasteiger partial charge in [0.25, 0.3) is 5.91 Å².